The number of thiazole rings is 1. The average Bonchev–Trinajstić information content (AvgIpc) is 3.37. The zero-order valence-electron chi connectivity index (χ0n) is 21.0. The van der Waals surface area contributed by atoms with Crippen molar-refractivity contribution in [3.63, 3.8) is 0 Å². The summed E-state index contributed by atoms with van der Waals surface area (Å²) in [5, 5.41) is 9.02. The molecule has 9 heteroatoms. The second-order valence-corrected chi connectivity index (χ2v) is 10.2. The highest BCUT2D eigenvalue weighted by atomic mass is 32.1. The summed E-state index contributed by atoms with van der Waals surface area (Å²) in [5.74, 6) is -0.143. The van der Waals surface area contributed by atoms with E-state index in [2.05, 4.69) is 37.4 Å². The summed E-state index contributed by atoms with van der Waals surface area (Å²) in [6, 6.07) is 16.9. The fourth-order valence-electron chi connectivity index (χ4n) is 4.21. The molecule has 0 bridgehead atoms. The highest BCUT2D eigenvalue weighted by molar-refractivity contribution is 7.14. The van der Waals surface area contributed by atoms with E-state index in [0.29, 0.717) is 11.3 Å². The van der Waals surface area contributed by atoms with Gasteiger partial charge in [-0.1, -0.05) is 18.2 Å². The van der Waals surface area contributed by atoms with Crippen LogP contribution >= 0.6 is 11.3 Å². The van der Waals surface area contributed by atoms with Crippen molar-refractivity contribution >= 4 is 33.8 Å². The number of aromatic nitrogens is 2. The minimum Gasteiger partial charge on any atom is -0.331 e. The van der Waals surface area contributed by atoms with Gasteiger partial charge in [-0.05, 0) is 55.4 Å². The van der Waals surface area contributed by atoms with Gasteiger partial charge in [0.25, 0.3) is 5.91 Å². The van der Waals surface area contributed by atoms with Gasteiger partial charge in [-0.25, -0.2) is 4.98 Å². The topological polar surface area (TPSA) is 93.4 Å². The summed E-state index contributed by atoms with van der Waals surface area (Å²) >= 11 is 1.48. The average molecular weight is 515 g/mol. The Bertz CT molecular complexity index is 1420. The number of benzene rings is 2. The maximum atomic E-state index is 12.9. The second-order valence-electron chi connectivity index (χ2n) is 9.36. The van der Waals surface area contributed by atoms with E-state index in [0.717, 1.165) is 60.4 Å². The molecule has 37 heavy (non-hydrogen) atoms. The molecular formula is C28H30N6O2S. The van der Waals surface area contributed by atoms with Crippen LogP contribution in [0.2, 0.25) is 0 Å². The van der Waals surface area contributed by atoms with E-state index in [-0.39, 0.29) is 11.5 Å². The number of aromatic amines is 1. The van der Waals surface area contributed by atoms with Crippen molar-refractivity contribution in [1.29, 1.82) is 0 Å². The number of H-pyrrole nitrogens is 1. The van der Waals surface area contributed by atoms with Crippen molar-refractivity contribution in [3.8, 4) is 11.3 Å². The van der Waals surface area contributed by atoms with Crippen molar-refractivity contribution in [2.75, 3.05) is 43.9 Å². The monoisotopic (exact) mass is 514 g/mol. The zero-order chi connectivity index (χ0) is 25.8. The Kier molecular flexibility index (Phi) is 7.45. The lowest BCUT2D eigenvalue weighted by atomic mass is 10.1. The van der Waals surface area contributed by atoms with Crippen LogP contribution in [-0.4, -0.2) is 58.9 Å². The number of carbonyl (C=O) groups is 1. The molecule has 0 aliphatic carbocycles. The molecule has 5 rings (SSSR count). The predicted octanol–water partition coefficient (Wildman–Crippen LogP) is 4.55. The van der Waals surface area contributed by atoms with Crippen LogP contribution in [0.4, 0.5) is 16.5 Å². The van der Waals surface area contributed by atoms with Crippen LogP contribution in [0.25, 0.3) is 11.3 Å². The molecule has 0 spiro atoms. The number of hydrogen-bond acceptors (Lipinski definition) is 7. The molecule has 1 aliphatic heterocycles. The Hall–Kier alpha value is -3.79. The van der Waals surface area contributed by atoms with Gasteiger partial charge >= 0.3 is 0 Å². The third kappa shape index (κ3) is 6.32. The Labute approximate surface area is 220 Å². The fourth-order valence-corrected chi connectivity index (χ4v) is 4.94. The third-order valence-corrected chi connectivity index (χ3v) is 7.30. The third-order valence-electron chi connectivity index (χ3n) is 6.54. The number of aryl methyl sites for hydroxylation is 1. The summed E-state index contributed by atoms with van der Waals surface area (Å²) in [6.07, 6.45) is 1.65. The van der Waals surface area contributed by atoms with Crippen LogP contribution in [0.5, 0.6) is 0 Å². The van der Waals surface area contributed by atoms with Gasteiger partial charge in [0.15, 0.2) is 5.13 Å². The molecule has 2 aromatic carbocycles. The summed E-state index contributed by atoms with van der Waals surface area (Å²) in [6.45, 7) is 7.22. The molecule has 3 N–H and O–H groups in total. The number of hydrogen-bond donors (Lipinski definition) is 3. The van der Waals surface area contributed by atoms with Gasteiger partial charge in [0.2, 0.25) is 5.56 Å². The first kappa shape index (κ1) is 24.9. The Balaban J connectivity index is 1.22. The summed E-state index contributed by atoms with van der Waals surface area (Å²) in [7, 11) is 2.16. The predicted molar refractivity (Wildman–Crippen MR) is 150 cm³/mol. The molecule has 3 heterocycles. The largest absolute Gasteiger partial charge is 0.331 e. The minimum absolute atomic E-state index is 0.143. The van der Waals surface area contributed by atoms with Gasteiger partial charge in [0.1, 0.15) is 0 Å². The van der Waals surface area contributed by atoms with E-state index in [9.17, 15) is 9.59 Å². The van der Waals surface area contributed by atoms with E-state index in [1.807, 2.05) is 54.8 Å². The number of likely N-dealkylation sites (N-methyl/N-ethyl adjacent to an activating group) is 1. The maximum absolute atomic E-state index is 12.9. The molecule has 1 saturated heterocycles. The van der Waals surface area contributed by atoms with Gasteiger partial charge in [0, 0.05) is 72.9 Å². The van der Waals surface area contributed by atoms with Gasteiger partial charge in [-0.2, -0.15) is 0 Å². The number of amides is 1. The molecule has 0 atom stereocenters. The molecule has 4 aromatic rings. The van der Waals surface area contributed by atoms with Crippen molar-refractivity contribution in [3.05, 3.63) is 93.2 Å². The summed E-state index contributed by atoms with van der Waals surface area (Å²) in [4.78, 5) is 36.3. The number of carbonyl (C=O) groups excluding carboxylic acids is 1. The molecule has 0 radical (unpaired) electrons. The normalized spacial score (nSPS) is 14.4. The van der Waals surface area contributed by atoms with Crippen LogP contribution in [-0.2, 0) is 6.54 Å². The molecule has 8 nitrogen and oxygen atoms in total. The quantitative estimate of drug-likeness (QED) is 0.335. The van der Waals surface area contributed by atoms with Crippen molar-refractivity contribution < 1.29 is 4.79 Å². The first-order valence-electron chi connectivity index (χ1n) is 12.3. The summed E-state index contributed by atoms with van der Waals surface area (Å²) < 4.78 is 0. The number of rotatable bonds is 7. The molecule has 1 amide bonds. The van der Waals surface area contributed by atoms with Gasteiger partial charge in [0.05, 0.1) is 5.69 Å². The fraction of sp³-hybridized carbons (Fsp3) is 0.250. The van der Waals surface area contributed by atoms with Gasteiger partial charge in [-0.3, -0.25) is 14.5 Å². The lowest BCUT2D eigenvalue weighted by molar-refractivity contribution is 0.102. The number of nitrogens with zero attached hydrogens (tertiary/aromatic N) is 3. The smallest absolute Gasteiger partial charge is 0.255 e. The van der Waals surface area contributed by atoms with Gasteiger partial charge in [-0.15, -0.1) is 11.3 Å². The minimum atomic E-state index is -0.145. The van der Waals surface area contributed by atoms with E-state index in [1.165, 1.54) is 23.0 Å². The first-order valence-corrected chi connectivity index (χ1v) is 13.1. The second kappa shape index (κ2) is 11.1. The van der Waals surface area contributed by atoms with Crippen LogP contribution in [0.3, 0.4) is 0 Å². The standard InChI is InChI=1S/C28H30N6O2S/c1-19-3-9-23(15-24(19)31-28-32-25(18-37-28)22-8-10-26(35)29-16-22)30-27(36)21-6-4-20(5-7-21)17-34-13-11-33(2)12-14-34/h3-10,15-16,18H,11-14,17H2,1-2H3,(H,29,35)(H,30,36)(H,31,32). The van der Waals surface area contributed by atoms with Crippen LogP contribution in [0.1, 0.15) is 21.5 Å². The molecule has 1 fully saturated rings. The number of anilines is 3. The van der Waals surface area contributed by atoms with E-state index >= 15 is 0 Å². The van der Waals surface area contributed by atoms with Gasteiger partial charge < -0.3 is 20.5 Å². The number of piperazine rings is 1. The number of nitrogens with one attached hydrogen (secondary N) is 3. The lowest BCUT2D eigenvalue weighted by Gasteiger charge is -2.32. The molecule has 0 saturated carbocycles. The Morgan fingerprint density at radius 2 is 1.84 bits per heavy atom. The molecule has 2 aromatic heterocycles. The molecule has 0 unspecified atom stereocenters. The lowest BCUT2D eigenvalue weighted by Crippen LogP contribution is -2.43. The highest BCUT2D eigenvalue weighted by Gasteiger charge is 2.14. The first-order chi connectivity index (χ1) is 17.9. The Morgan fingerprint density at radius 3 is 2.57 bits per heavy atom. The van der Waals surface area contributed by atoms with Crippen molar-refractivity contribution in [2.45, 2.75) is 13.5 Å². The molecular weight excluding hydrogens is 484 g/mol. The van der Waals surface area contributed by atoms with E-state index in [1.54, 1.807) is 12.3 Å². The van der Waals surface area contributed by atoms with Crippen LogP contribution in [0, 0.1) is 6.92 Å². The van der Waals surface area contributed by atoms with E-state index < -0.39 is 0 Å². The number of pyridine rings is 1. The van der Waals surface area contributed by atoms with Crippen LogP contribution < -0.4 is 16.2 Å². The van der Waals surface area contributed by atoms with Crippen molar-refractivity contribution in [1.82, 2.24) is 19.8 Å². The maximum Gasteiger partial charge on any atom is 0.255 e. The molecule has 190 valence electrons. The van der Waals surface area contributed by atoms with Crippen LogP contribution in [0.15, 0.2) is 71.0 Å². The Morgan fingerprint density at radius 1 is 1.05 bits per heavy atom. The SMILES string of the molecule is Cc1ccc(NC(=O)c2ccc(CN3CCN(C)CC3)cc2)cc1Nc1nc(-c2ccc(=O)[nH]c2)cs1. The highest BCUT2D eigenvalue weighted by Crippen LogP contribution is 2.29. The molecule has 1 aliphatic rings. The van der Waals surface area contributed by atoms with E-state index in [4.69, 9.17) is 0 Å². The van der Waals surface area contributed by atoms with Crippen molar-refractivity contribution in [2.24, 2.45) is 0 Å². The zero-order valence-corrected chi connectivity index (χ0v) is 21.8. The summed E-state index contributed by atoms with van der Waals surface area (Å²) in [5.41, 5.74) is 5.92.